The van der Waals surface area contributed by atoms with E-state index in [2.05, 4.69) is 19.2 Å². The number of hydrogen-bond donors (Lipinski definition) is 3. The summed E-state index contributed by atoms with van der Waals surface area (Å²) in [6, 6.07) is -0.624. The van der Waals surface area contributed by atoms with Crippen LogP contribution in [-0.2, 0) is 14.3 Å². The molecule has 0 rings (SSSR count). The number of rotatable bonds is 65. The maximum Gasteiger partial charge on any atom is 0.305 e. The molecule has 2 atom stereocenters. The molecule has 0 fully saturated rings. The number of aliphatic hydroxyl groups excluding tert-OH is 2. The fourth-order valence-corrected chi connectivity index (χ4v) is 11.1. The number of ether oxygens (including phenoxy) is 1. The Kier molecular flexibility index (Phi) is 63.9. The third kappa shape index (κ3) is 61.7. The first kappa shape index (κ1) is 73.6. The molecule has 0 aliphatic heterocycles. The first-order chi connectivity index (χ1) is 37.0. The van der Waals surface area contributed by atoms with Crippen molar-refractivity contribution in [3.8, 4) is 0 Å². The Hall–Kier alpha value is -1.40. The summed E-state index contributed by atoms with van der Waals surface area (Å²) >= 11 is 0. The minimum atomic E-state index is -0.841. The Morgan fingerprint density at radius 1 is 0.360 bits per heavy atom. The van der Waals surface area contributed by atoms with Crippen molar-refractivity contribution in [3.05, 3.63) is 12.2 Å². The van der Waals surface area contributed by atoms with E-state index in [1.54, 1.807) is 6.08 Å². The number of allylic oxidation sites excluding steroid dienone is 1. The Labute approximate surface area is 469 Å². The van der Waals surface area contributed by atoms with Crippen LogP contribution in [0.2, 0.25) is 0 Å². The molecule has 0 saturated heterocycles. The maximum absolute atomic E-state index is 12.5. The van der Waals surface area contributed by atoms with Gasteiger partial charge >= 0.3 is 5.97 Å². The molecule has 0 aromatic carbocycles. The molecule has 0 aliphatic rings. The lowest BCUT2D eigenvalue weighted by Crippen LogP contribution is -2.45. The highest BCUT2D eigenvalue weighted by Crippen LogP contribution is 2.19. The molecule has 1 amide bonds. The van der Waals surface area contributed by atoms with Gasteiger partial charge in [0.15, 0.2) is 0 Å². The van der Waals surface area contributed by atoms with Gasteiger partial charge in [0.1, 0.15) is 0 Å². The van der Waals surface area contributed by atoms with E-state index in [1.165, 1.54) is 327 Å². The van der Waals surface area contributed by atoms with Crippen molar-refractivity contribution in [2.75, 3.05) is 13.2 Å². The largest absolute Gasteiger partial charge is 0.466 e. The van der Waals surface area contributed by atoms with E-state index in [-0.39, 0.29) is 18.5 Å². The van der Waals surface area contributed by atoms with Crippen LogP contribution in [0.25, 0.3) is 0 Å². The maximum atomic E-state index is 12.5. The normalized spacial score (nSPS) is 12.5. The van der Waals surface area contributed by atoms with Crippen LogP contribution in [0.1, 0.15) is 393 Å². The molecular weight excluding hydrogens is 923 g/mol. The SMILES string of the molecule is CCCCCCCCCCCCCCCCC/C=C/C(O)C(CO)NC(=O)CCCCCCCCCCCCCCCCCCCCCCCCCCCCCCCOC(=O)CCCCCCCCCCCCCC. The van der Waals surface area contributed by atoms with Gasteiger partial charge in [0, 0.05) is 12.8 Å². The number of nitrogens with one attached hydrogen (secondary N) is 1. The van der Waals surface area contributed by atoms with Crippen LogP contribution in [0.4, 0.5) is 0 Å². The Morgan fingerprint density at radius 2 is 0.613 bits per heavy atom. The number of aliphatic hydroxyl groups is 2. The van der Waals surface area contributed by atoms with E-state index >= 15 is 0 Å². The monoisotopic (exact) mass is 1060 g/mol. The van der Waals surface area contributed by atoms with Crippen molar-refractivity contribution in [1.82, 2.24) is 5.32 Å². The third-order valence-electron chi connectivity index (χ3n) is 16.3. The fraction of sp³-hybridized carbons (Fsp3) is 0.942. The van der Waals surface area contributed by atoms with Crippen LogP contribution in [0.3, 0.4) is 0 Å². The lowest BCUT2D eigenvalue weighted by Gasteiger charge is -2.20. The van der Waals surface area contributed by atoms with Crippen LogP contribution in [0.5, 0.6) is 0 Å². The second kappa shape index (κ2) is 65.1. The Bertz CT molecular complexity index is 1130. The van der Waals surface area contributed by atoms with Crippen LogP contribution < -0.4 is 5.32 Å². The molecule has 0 aliphatic carbocycles. The van der Waals surface area contributed by atoms with E-state index in [9.17, 15) is 19.8 Å². The number of carbonyl (C=O) groups is 2. The molecule has 0 saturated carbocycles. The highest BCUT2D eigenvalue weighted by molar-refractivity contribution is 5.76. The highest BCUT2D eigenvalue weighted by atomic mass is 16.5. The molecular formula is C69H135NO5. The number of unbranched alkanes of at least 4 members (excludes halogenated alkanes) is 54. The minimum Gasteiger partial charge on any atom is -0.466 e. The minimum absolute atomic E-state index is 0.0206. The highest BCUT2D eigenvalue weighted by Gasteiger charge is 2.18. The molecule has 446 valence electrons. The average molecular weight is 1060 g/mol. The molecule has 6 nitrogen and oxygen atoms in total. The number of amides is 1. The van der Waals surface area contributed by atoms with Gasteiger partial charge in [-0.15, -0.1) is 0 Å². The summed E-state index contributed by atoms with van der Waals surface area (Å²) in [4.78, 5) is 24.5. The molecule has 0 aromatic heterocycles. The van der Waals surface area contributed by atoms with Gasteiger partial charge in [-0.1, -0.05) is 360 Å². The number of hydrogen-bond acceptors (Lipinski definition) is 5. The topological polar surface area (TPSA) is 95.9 Å². The van der Waals surface area contributed by atoms with E-state index < -0.39 is 12.1 Å². The second-order valence-electron chi connectivity index (χ2n) is 23.9. The third-order valence-corrected chi connectivity index (χ3v) is 16.3. The standard InChI is InChI=1S/C69H135NO5/c1-3-5-7-9-11-13-15-17-18-32-35-38-41-45-49-53-57-61-67(72)66(65-71)70-68(73)62-58-54-50-46-42-39-36-33-30-28-26-24-22-20-19-21-23-25-27-29-31-34-37-40-44-48-52-56-60-64-75-69(74)63-59-55-51-47-43-16-14-12-10-8-6-4-2/h57,61,66-67,71-72H,3-56,58-60,62-65H2,1-2H3,(H,70,73)/b61-57+. The predicted octanol–water partition coefficient (Wildman–Crippen LogP) is 22.0. The van der Waals surface area contributed by atoms with Gasteiger partial charge in [-0.3, -0.25) is 9.59 Å². The zero-order valence-electron chi connectivity index (χ0n) is 51.1. The second-order valence-corrected chi connectivity index (χ2v) is 23.9. The van der Waals surface area contributed by atoms with Gasteiger partial charge in [-0.05, 0) is 32.1 Å². The Balaban J connectivity index is 3.35. The quantitative estimate of drug-likeness (QED) is 0.0320. The first-order valence-corrected chi connectivity index (χ1v) is 34.5. The van der Waals surface area contributed by atoms with E-state index in [4.69, 9.17) is 4.74 Å². The van der Waals surface area contributed by atoms with Crippen molar-refractivity contribution in [2.45, 2.75) is 405 Å². The molecule has 0 bridgehead atoms. The summed E-state index contributed by atoms with van der Waals surface area (Å²) in [5, 5.41) is 23.2. The van der Waals surface area contributed by atoms with Gasteiger partial charge in [0.2, 0.25) is 5.91 Å². The smallest absolute Gasteiger partial charge is 0.305 e. The van der Waals surface area contributed by atoms with Crippen LogP contribution in [0.15, 0.2) is 12.2 Å². The van der Waals surface area contributed by atoms with Gasteiger partial charge in [0.05, 0.1) is 25.4 Å². The summed E-state index contributed by atoms with van der Waals surface area (Å²) in [5.74, 6) is -0.0403. The molecule has 0 aromatic rings. The molecule has 75 heavy (non-hydrogen) atoms. The van der Waals surface area contributed by atoms with E-state index in [0.29, 0.717) is 19.4 Å². The average Bonchev–Trinajstić information content (AvgIpc) is 3.41. The summed E-state index contributed by atoms with van der Waals surface area (Å²) in [6.45, 7) is 4.94. The van der Waals surface area contributed by atoms with Crippen LogP contribution >= 0.6 is 0 Å². The Morgan fingerprint density at radius 3 is 0.907 bits per heavy atom. The lowest BCUT2D eigenvalue weighted by molar-refractivity contribution is -0.143. The molecule has 2 unspecified atom stereocenters. The summed E-state index contributed by atoms with van der Waals surface area (Å²) in [7, 11) is 0. The van der Waals surface area contributed by atoms with Crippen molar-refractivity contribution in [2.24, 2.45) is 0 Å². The molecule has 0 spiro atoms. The fourth-order valence-electron chi connectivity index (χ4n) is 11.1. The molecule has 3 N–H and O–H groups in total. The lowest BCUT2D eigenvalue weighted by atomic mass is 10.0. The summed E-state index contributed by atoms with van der Waals surface area (Å²) < 4.78 is 5.48. The van der Waals surface area contributed by atoms with Crippen LogP contribution in [0, 0.1) is 0 Å². The van der Waals surface area contributed by atoms with Gasteiger partial charge in [-0.25, -0.2) is 0 Å². The first-order valence-electron chi connectivity index (χ1n) is 34.5. The van der Waals surface area contributed by atoms with Crippen LogP contribution in [-0.4, -0.2) is 47.4 Å². The van der Waals surface area contributed by atoms with Gasteiger partial charge < -0.3 is 20.3 Å². The zero-order chi connectivity index (χ0) is 54.3. The predicted molar refractivity (Wildman–Crippen MR) is 329 cm³/mol. The van der Waals surface area contributed by atoms with E-state index in [1.807, 2.05) is 6.08 Å². The summed E-state index contributed by atoms with van der Waals surface area (Å²) in [6.07, 6.45) is 80.0. The molecule has 0 radical (unpaired) electrons. The van der Waals surface area contributed by atoms with Gasteiger partial charge in [0.25, 0.3) is 0 Å². The molecule has 6 heteroatoms. The zero-order valence-corrected chi connectivity index (χ0v) is 51.1. The van der Waals surface area contributed by atoms with E-state index in [0.717, 1.165) is 38.5 Å². The van der Waals surface area contributed by atoms with Crippen molar-refractivity contribution in [3.63, 3.8) is 0 Å². The number of carbonyl (C=O) groups excluding carboxylic acids is 2. The van der Waals surface area contributed by atoms with Crippen molar-refractivity contribution >= 4 is 11.9 Å². The van der Waals surface area contributed by atoms with Gasteiger partial charge in [-0.2, -0.15) is 0 Å². The summed E-state index contributed by atoms with van der Waals surface area (Å²) in [5.41, 5.74) is 0. The number of esters is 1. The van der Waals surface area contributed by atoms with Crippen molar-refractivity contribution < 1.29 is 24.5 Å². The van der Waals surface area contributed by atoms with Crippen molar-refractivity contribution in [1.29, 1.82) is 0 Å². The molecule has 0 heterocycles.